The van der Waals surface area contributed by atoms with Crippen LogP contribution in [0.5, 0.6) is 0 Å². The van der Waals surface area contributed by atoms with Crippen LogP contribution < -0.4 is 5.32 Å². The lowest BCUT2D eigenvalue weighted by Gasteiger charge is -2.17. The van der Waals surface area contributed by atoms with Crippen LogP contribution in [-0.2, 0) is 6.42 Å². The van der Waals surface area contributed by atoms with Gasteiger partial charge in [-0.2, -0.15) is 0 Å². The van der Waals surface area contributed by atoms with Gasteiger partial charge in [0.05, 0.1) is 0 Å². The highest BCUT2D eigenvalue weighted by atomic mass is 15.1. The van der Waals surface area contributed by atoms with Gasteiger partial charge in [-0.1, -0.05) is 37.3 Å². The van der Waals surface area contributed by atoms with Crippen molar-refractivity contribution in [2.24, 2.45) is 0 Å². The molecule has 1 unspecified atom stereocenters. The Hall–Kier alpha value is -0.860. The van der Waals surface area contributed by atoms with E-state index in [0.717, 1.165) is 26.1 Å². The van der Waals surface area contributed by atoms with E-state index in [9.17, 15) is 0 Å². The highest BCUT2D eigenvalue weighted by Gasteiger charge is 2.02. The highest BCUT2D eigenvalue weighted by Crippen LogP contribution is 2.02. The zero-order chi connectivity index (χ0) is 11.8. The number of likely N-dealkylation sites (N-methyl/N-ethyl adjacent to an activating group) is 1. The summed E-state index contributed by atoms with van der Waals surface area (Å²) in [5.41, 5.74) is 1.41. The minimum Gasteiger partial charge on any atom is -0.313 e. The van der Waals surface area contributed by atoms with E-state index < -0.39 is 0 Å². The topological polar surface area (TPSA) is 15.3 Å². The molecule has 0 spiro atoms. The molecule has 0 saturated heterocycles. The van der Waals surface area contributed by atoms with Gasteiger partial charge < -0.3 is 10.2 Å². The summed E-state index contributed by atoms with van der Waals surface area (Å²) >= 11 is 0. The summed E-state index contributed by atoms with van der Waals surface area (Å²) in [5, 5.41) is 3.55. The minimum atomic E-state index is 0.549. The predicted molar refractivity (Wildman–Crippen MR) is 70.8 cm³/mol. The third kappa shape index (κ3) is 5.29. The van der Waals surface area contributed by atoms with Gasteiger partial charge in [0.2, 0.25) is 0 Å². The Morgan fingerprint density at radius 3 is 2.56 bits per heavy atom. The van der Waals surface area contributed by atoms with Gasteiger partial charge in [0, 0.05) is 19.1 Å². The van der Waals surface area contributed by atoms with Crippen LogP contribution >= 0.6 is 0 Å². The number of hydrogen-bond donors (Lipinski definition) is 1. The summed E-state index contributed by atoms with van der Waals surface area (Å²) in [5.74, 6) is 0. The molecule has 0 aliphatic heterocycles. The van der Waals surface area contributed by atoms with Gasteiger partial charge in [-0.3, -0.25) is 0 Å². The van der Waals surface area contributed by atoms with Gasteiger partial charge >= 0.3 is 0 Å². The van der Waals surface area contributed by atoms with Crippen molar-refractivity contribution >= 4 is 0 Å². The zero-order valence-corrected chi connectivity index (χ0v) is 10.7. The Morgan fingerprint density at radius 1 is 1.25 bits per heavy atom. The van der Waals surface area contributed by atoms with E-state index in [-0.39, 0.29) is 0 Å². The van der Waals surface area contributed by atoms with E-state index in [0.29, 0.717) is 6.04 Å². The van der Waals surface area contributed by atoms with Gasteiger partial charge in [-0.25, -0.2) is 0 Å². The molecule has 1 N–H and O–H groups in total. The first kappa shape index (κ1) is 13.2. The second-order valence-corrected chi connectivity index (χ2v) is 4.44. The van der Waals surface area contributed by atoms with Crippen molar-refractivity contribution in [2.75, 3.05) is 26.7 Å². The molecule has 0 heterocycles. The van der Waals surface area contributed by atoms with E-state index in [1.165, 1.54) is 5.56 Å². The van der Waals surface area contributed by atoms with Gasteiger partial charge in [-0.05, 0) is 32.5 Å². The molecule has 0 radical (unpaired) electrons. The van der Waals surface area contributed by atoms with Crippen LogP contribution in [0.15, 0.2) is 30.3 Å². The van der Waals surface area contributed by atoms with Crippen molar-refractivity contribution in [2.45, 2.75) is 26.3 Å². The van der Waals surface area contributed by atoms with E-state index >= 15 is 0 Å². The van der Waals surface area contributed by atoms with Crippen molar-refractivity contribution < 1.29 is 0 Å². The van der Waals surface area contributed by atoms with Crippen molar-refractivity contribution in [1.29, 1.82) is 0 Å². The number of rotatable bonds is 7. The smallest absolute Gasteiger partial charge is 0.0104 e. The van der Waals surface area contributed by atoms with E-state index in [2.05, 4.69) is 61.4 Å². The summed E-state index contributed by atoms with van der Waals surface area (Å²) in [6, 6.07) is 11.2. The monoisotopic (exact) mass is 220 g/mol. The summed E-state index contributed by atoms with van der Waals surface area (Å²) in [6.45, 7) is 7.75. The normalized spacial score (nSPS) is 13.0. The summed E-state index contributed by atoms with van der Waals surface area (Å²) in [6.07, 6.45) is 1.11. The third-order valence-electron chi connectivity index (χ3n) is 2.91. The van der Waals surface area contributed by atoms with Crippen LogP contribution in [0, 0.1) is 0 Å². The summed E-state index contributed by atoms with van der Waals surface area (Å²) in [7, 11) is 2.16. The van der Waals surface area contributed by atoms with Crippen molar-refractivity contribution in [1.82, 2.24) is 10.2 Å². The maximum absolute atomic E-state index is 3.55. The fraction of sp³-hybridized carbons (Fsp3) is 0.571. The lowest BCUT2D eigenvalue weighted by Crippen LogP contribution is -2.35. The SMILES string of the molecule is CCN(C)CCNC(C)Cc1ccccc1. The zero-order valence-electron chi connectivity index (χ0n) is 10.7. The van der Waals surface area contributed by atoms with Crippen LogP contribution in [0.4, 0.5) is 0 Å². The average Bonchev–Trinajstić information content (AvgIpc) is 2.30. The van der Waals surface area contributed by atoms with Gasteiger partial charge in [0.1, 0.15) is 0 Å². The first-order valence-electron chi connectivity index (χ1n) is 6.18. The molecule has 1 rings (SSSR count). The number of benzene rings is 1. The molecular formula is C14H24N2. The van der Waals surface area contributed by atoms with Gasteiger partial charge in [-0.15, -0.1) is 0 Å². The molecule has 1 atom stereocenters. The van der Waals surface area contributed by atoms with Crippen molar-refractivity contribution in [3.63, 3.8) is 0 Å². The molecule has 0 aliphatic carbocycles. The lowest BCUT2D eigenvalue weighted by molar-refractivity contribution is 0.341. The Bertz CT molecular complexity index is 271. The van der Waals surface area contributed by atoms with Crippen molar-refractivity contribution in [3.8, 4) is 0 Å². The molecule has 0 amide bonds. The Morgan fingerprint density at radius 2 is 1.94 bits per heavy atom. The molecule has 2 nitrogen and oxygen atoms in total. The molecule has 0 aliphatic rings. The Kier molecular flexibility index (Phi) is 6.12. The quantitative estimate of drug-likeness (QED) is 0.757. The maximum atomic E-state index is 3.55. The first-order valence-corrected chi connectivity index (χ1v) is 6.18. The fourth-order valence-electron chi connectivity index (χ4n) is 1.70. The highest BCUT2D eigenvalue weighted by molar-refractivity contribution is 5.15. The number of nitrogens with zero attached hydrogens (tertiary/aromatic N) is 1. The molecule has 16 heavy (non-hydrogen) atoms. The van der Waals surface area contributed by atoms with Crippen LogP contribution in [0.25, 0.3) is 0 Å². The molecule has 0 fully saturated rings. The van der Waals surface area contributed by atoms with E-state index in [4.69, 9.17) is 0 Å². The maximum Gasteiger partial charge on any atom is 0.0104 e. The summed E-state index contributed by atoms with van der Waals surface area (Å²) in [4.78, 5) is 2.32. The standard InChI is InChI=1S/C14H24N2/c1-4-16(3)11-10-15-13(2)12-14-8-6-5-7-9-14/h5-9,13,15H,4,10-12H2,1-3H3. The molecule has 0 aromatic heterocycles. The molecule has 0 saturated carbocycles. The first-order chi connectivity index (χ1) is 7.72. The molecular weight excluding hydrogens is 196 g/mol. The molecule has 2 heteroatoms. The molecule has 1 aromatic rings. The van der Waals surface area contributed by atoms with Crippen LogP contribution in [0.3, 0.4) is 0 Å². The van der Waals surface area contributed by atoms with E-state index in [1.807, 2.05) is 0 Å². The molecule has 90 valence electrons. The minimum absolute atomic E-state index is 0.549. The molecule has 1 aromatic carbocycles. The van der Waals surface area contributed by atoms with Crippen LogP contribution in [-0.4, -0.2) is 37.6 Å². The Labute approximate surface area is 99.7 Å². The third-order valence-corrected chi connectivity index (χ3v) is 2.91. The number of nitrogens with one attached hydrogen (secondary N) is 1. The largest absolute Gasteiger partial charge is 0.313 e. The molecule has 0 bridgehead atoms. The van der Waals surface area contributed by atoms with Gasteiger partial charge in [0.25, 0.3) is 0 Å². The van der Waals surface area contributed by atoms with Gasteiger partial charge in [0.15, 0.2) is 0 Å². The predicted octanol–water partition coefficient (Wildman–Crippen LogP) is 2.16. The van der Waals surface area contributed by atoms with Crippen molar-refractivity contribution in [3.05, 3.63) is 35.9 Å². The second kappa shape index (κ2) is 7.42. The van der Waals surface area contributed by atoms with Crippen LogP contribution in [0.1, 0.15) is 19.4 Å². The lowest BCUT2D eigenvalue weighted by atomic mass is 10.1. The second-order valence-electron chi connectivity index (χ2n) is 4.44. The Balaban J connectivity index is 2.19. The van der Waals surface area contributed by atoms with Crippen LogP contribution in [0.2, 0.25) is 0 Å². The number of hydrogen-bond acceptors (Lipinski definition) is 2. The fourth-order valence-corrected chi connectivity index (χ4v) is 1.70. The average molecular weight is 220 g/mol. The van der Waals surface area contributed by atoms with E-state index in [1.54, 1.807) is 0 Å². The summed E-state index contributed by atoms with van der Waals surface area (Å²) < 4.78 is 0.